The van der Waals surface area contributed by atoms with Crippen molar-refractivity contribution in [3.05, 3.63) is 84.4 Å². The molecule has 6 nitrogen and oxygen atoms in total. The zero-order valence-electron chi connectivity index (χ0n) is 15.6. The minimum absolute atomic E-state index is 0.349. The van der Waals surface area contributed by atoms with Gasteiger partial charge in [-0.3, -0.25) is 0 Å². The number of alkyl halides is 3. The highest BCUT2D eigenvalue weighted by Gasteiger charge is 2.36. The fourth-order valence-corrected chi connectivity index (χ4v) is 2.78. The van der Waals surface area contributed by atoms with Crippen LogP contribution in [0.2, 0.25) is 0 Å². The van der Waals surface area contributed by atoms with Crippen molar-refractivity contribution < 1.29 is 40.7 Å². The van der Waals surface area contributed by atoms with E-state index >= 15 is 0 Å². The summed E-state index contributed by atoms with van der Waals surface area (Å²) in [6.07, 6.45) is 0. The number of aromatic nitrogens is 1. The summed E-state index contributed by atoms with van der Waals surface area (Å²) < 4.78 is 64.5. The van der Waals surface area contributed by atoms with Crippen molar-refractivity contribution in [2.45, 2.75) is 5.51 Å². The third-order valence-electron chi connectivity index (χ3n) is 4.10. The third-order valence-corrected chi connectivity index (χ3v) is 4.67. The molecule has 0 aliphatic rings. The average molecular weight is 449 g/mol. The number of hydrogen-bond acceptors (Lipinski definition) is 5. The van der Waals surface area contributed by atoms with Crippen LogP contribution < -0.4 is 9.72 Å². The van der Waals surface area contributed by atoms with Gasteiger partial charge in [-0.1, -0.05) is 42.5 Å². The van der Waals surface area contributed by atoms with E-state index in [0.29, 0.717) is 11.3 Å². The molecule has 0 spiro atoms. The first-order valence-electron chi connectivity index (χ1n) is 8.70. The van der Waals surface area contributed by atoms with Crippen LogP contribution in [0.1, 0.15) is 10.4 Å². The SMILES string of the molecule is O=C(Oc1ccccc1)c1c2ccccc2[nH+]c2ccccc12.O=S(=O)([O-])C(F)(F)F. The number of esters is 1. The van der Waals surface area contributed by atoms with Gasteiger partial charge in [-0.15, -0.1) is 0 Å². The van der Waals surface area contributed by atoms with Crippen molar-refractivity contribution in [1.29, 1.82) is 0 Å². The van der Waals surface area contributed by atoms with E-state index in [2.05, 4.69) is 4.98 Å². The van der Waals surface area contributed by atoms with Crippen LogP contribution in [0.5, 0.6) is 5.75 Å². The predicted molar refractivity (Wildman–Crippen MR) is 105 cm³/mol. The van der Waals surface area contributed by atoms with Crippen LogP contribution in [0.3, 0.4) is 0 Å². The lowest BCUT2D eigenvalue weighted by atomic mass is 10.0. The maximum absolute atomic E-state index is 12.8. The summed E-state index contributed by atoms with van der Waals surface area (Å²) in [5.74, 6) is 0.191. The van der Waals surface area contributed by atoms with Gasteiger partial charge in [0.05, 0.1) is 16.3 Å². The Labute approximate surface area is 174 Å². The molecule has 1 aromatic heterocycles. The monoisotopic (exact) mass is 449 g/mol. The molecule has 0 saturated heterocycles. The maximum Gasteiger partial charge on any atom is 0.485 e. The summed E-state index contributed by atoms with van der Waals surface area (Å²) in [6.45, 7) is 0. The lowest BCUT2D eigenvalue weighted by Gasteiger charge is -2.08. The number of hydrogen-bond donors (Lipinski definition) is 0. The molecule has 4 aromatic rings. The van der Waals surface area contributed by atoms with E-state index < -0.39 is 15.6 Å². The highest BCUT2D eigenvalue weighted by molar-refractivity contribution is 7.86. The first kappa shape index (κ1) is 22.2. The van der Waals surface area contributed by atoms with E-state index in [4.69, 9.17) is 17.7 Å². The van der Waals surface area contributed by atoms with Crippen molar-refractivity contribution in [1.82, 2.24) is 0 Å². The van der Waals surface area contributed by atoms with Crippen LogP contribution >= 0.6 is 0 Å². The molecule has 10 heteroatoms. The molecule has 3 aromatic carbocycles. The number of pyridine rings is 1. The maximum atomic E-state index is 12.8. The van der Waals surface area contributed by atoms with Crippen molar-refractivity contribution in [2.75, 3.05) is 0 Å². The Morgan fingerprint density at radius 2 is 1.23 bits per heavy atom. The molecule has 0 radical (unpaired) electrons. The summed E-state index contributed by atoms with van der Waals surface area (Å²) in [5.41, 5.74) is -3.25. The van der Waals surface area contributed by atoms with Gasteiger partial charge in [0.2, 0.25) is 11.0 Å². The Kier molecular flexibility index (Phi) is 6.23. The van der Waals surface area contributed by atoms with Gasteiger partial charge in [0.15, 0.2) is 10.1 Å². The summed E-state index contributed by atoms with van der Waals surface area (Å²) >= 11 is 0. The van der Waals surface area contributed by atoms with Crippen LogP contribution in [0.15, 0.2) is 78.9 Å². The lowest BCUT2D eigenvalue weighted by Crippen LogP contribution is -2.21. The number of para-hydroxylation sites is 3. The third kappa shape index (κ3) is 5.16. The van der Waals surface area contributed by atoms with Crippen molar-refractivity contribution >= 4 is 37.9 Å². The van der Waals surface area contributed by atoms with Crippen molar-refractivity contribution in [3.63, 3.8) is 0 Å². The molecule has 0 unspecified atom stereocenters. The van der Waals surface area contributed by atoms with Gasteiger partial charge in [0.25, 0.3) is 0 Å². The molecule has 0 atom stereocenters. The standard InChI is InChI=1S/C20H13NO2.CHF3O3S/c22-20(23-14-8-2-1-3-9-14)19-15-10-4-6-12-17(15)21-18-13-7-5-11-16(18)19;2-1(3,4)8(5,6)7/h1-13H;(H,5,6,7). The van der Waals surface area contributed by atoms with E-state index in [0.717, 1.165) is 21.8 Å². The molecule has 0 aliphatic carbocycles. The van der Waals surface area contributed by atoms with E-state index in [-0.39, 0.29) is 5.97 Å². The molecule has 31 heavy (non-hydrogen) atoms. The average Bonchev–Trinajstić information content (AvgIpc) is 2.71. The van der Waals surface area contributed by atoms with E-state index in [1.807, 2.05) is 66.7 Å². The van der Waals surface area contributed by atoms with Gasteiger partial charge in [-0.05, 0) is 24.3 Å². The Balaban J connectivity index is 0.000000293. The number of carbonyl (C=O) groups is 1. The summed E-state index contributed by atoms with van der Waals surface area (Å²) in [6, 6.07) is 24.6. The number of halogens is 3. The van der Waals surface area contributed by atoms with Crippen molar-refractivity contribution in [3.8, 4) is 5.75 Å². The second-order valence-electron chi connectivity index (χ2n) is 6.19. The molecule has 4 rings (SSSR count). The highest BCUT2D eigenvalue weighted by atomic mass is 32.2. The molecule has 0 aliphatic heterocycles. The number of benzene rings is 3. The van der Waals surface area contributed by atoms with Crippen molar-refractivity contribution in [2.24, 2.45) is 0 Å². The number of carbonyl (C=O) groups excluding carboxylic acids is 1. The van der Waals surface area contributed by atoms with E-state index in [1.165, 1.54) is 0 Å². The number of nitrogens with one attached hydrogen (secondary N) is 1. The largest absolute Gasteiger partial charge is 0.741 e. The van der Waals surface area contributed by atoms with E-state index in [1.54, 1.807) is 12.1 Å². The zero-order chi connectivity index (χ0) is 22.6. The Bertz CT molecular complexity index is 1290. The molecular weight excluding hydrogens is 435 g/mol. The molecule has 1 heterocycles. The first-order chi connectivity index (χ1) is 14.6. The van der Waals surface area contributed by atoms with Crippen LogP contribution in [-0.4, -0.2) is 24.4 Å². The zero-order valence-corrected chi connectivity index (χ0v) is 16.4. The van der Waals surface area contributed by atoms with Crippen LogP contribution in [-0.2, 0) is 10.1 Å². The van der Waals surface area contributed by atoms with Gasteiger partial charge in [-0.25, -0.2) is 18.2 Å². The second kappa shape index (κ2) is 8.70. The first-order valence-corrected chi connectivity index (χ1v) is 10.1. The van der Waals surface area contributed by atoms with Crippen LogP contribution in [0, 0.1) is 0 Å². The summed E-state index contributed by atoms with van der Waals surface area (Å²) in [4.78, 5) is 16.2. The van der Waals surface area contributed by atoms with Gasteiger partial charge < -0.3 is 9.29 Å². The number of aromatic amines is 1. The number of H-pyrrole nitrogens is 1. The quantitative estimate of drug-likeness (QED) is 0.151. The second-order valence-corrected chi connectivity index (χ2v) is 7.56. The summed E-state index contributed by atoms with van der Waals surface area (Å²) in [5, 5.41) is 1.71. The molecule has 1 N–H and O–H groups in total. The van der Waals surface area contributed by atoms with Crippen LogP contribution in [0.4, 0.5) is 13.2 Å². The smallest absolute Gasteiger partial charge is 0.485 e. The Morgan fingerprint density at radius 1 is 0.806 bits per heavy atom. The summed E-state index contributed by atoms with van der Waals surface area (Å²) in [7, 11) is -6.09. The molecule has 160 valence electrons. The predicted octanol–water partition coefficient (Wildman–Crippen LogP) is 4.08. The number of fused-ring (bicyclic) bond motifs is 2. The Hall–Kier alpha value is -3.50. The lowest BCUT2D eigenvalue weighted by molar-refractivity contribution is -0.310. The number of ether oxygens (including phenoxy) is 1. The molecule has 0 bridgehead atoms. The minimum Gasteiger partial charge on any atom is -0.741 e. The molecule has 0 amide bonds. The molecular formula is C21H14F3NO5S. The normalized spacial score (nSPS) is 11.6. The fraction of sp³-hybridized carbons (Fsp3) is 0.0476. The minimum atomic E-state index is -6.09. The van der Waals surface area contributed by atoms with Gasteiger partial charge in [0, 0.05) is 12.1 Å². The van der Waals surface area contributed by atoms with Crippen LogP contribution in [0.25, 0.3) is 21.8 Å². The highest BCUT2D eigenvalue weighted by Crippen LogP contribution is 2.25. The van der Waals surface area contributed by atoms with Gasteiger partial charge >= 0.3 is 11.5 Å². The van der Waals surface area contributed by atoms with E-state index in [9.17, 15) is 18.0 Å². The fourth-order valence-electron chi connectivity index (χ4n) is 2.78. The Morgan fingerprint density at radius 3 is 1.68 bits per heavy atom. The van der Waals surface area contributed by atoms with Gasteiger partial charge in [0.1, 0.15) is 5.75 Å². The molecule has 0 saturated carbocycles. The molecule has 0 fully saturated rings. The van der Waals surface area contributed by atoms with Gasteiger partial charge in [-0.2, -0.15) is 13.2 Å². The topological polar surface area (TPSA) is 97.6 Å². The number of rotatable bonds is 2.